The first-order valence-electron chi connectivity index (χ1n) is 12.0. The molecular weight excluding hydrogens is 537 g/mol. The molecule has 0 fully saturated rings. The number of halogens is 1. The van der Waals surface area contributed by atoms with Crippen LogP contribution in [0.1, 0.15) is 5.56 Å². The standard InChI is InChI=1S/C28H26FN5O5S/c1-38-16-17-39-23-13-11-21(12-14-23)32-28-30-19-25(29)27(33-28)31-22-7-5-6-20(18-22)10-15-26(35)34-40(36,37)24-8-3-2-4-9-24/h2-15,18-19H,16-17H2,1H3,(H,34,35)(H2,30,31,32,33). The molecule has 0 bridgehead atoms. The molecule has 4 aromatic rings. The second-order valence-corrected chi connectivity index (χ2v) is 9.93. The van der Waals surface area contributed by atoms with Crippen LogP contribution in [0.25, 0.3) is 6.08 Å². The number of aromatic nitrogens is 2. The van der Waals surface area contributed by atoms with Gasteiger partial charge in [-0.25, -0.2) is 22.5 Å². The van der Waals surface area contributed by atoms with E-state index in [4.69, 9.17) is 9.47 Å². The van der Waals surface area contributed by atoms with E-state index in [-0.39, 0.29) is 16.7 Å². The highest BCUT2D eigenvalue weighted by molar-refractivity contribution is 7.90. The third kappa shape index (κ3) is 8.09. The quantitative estimate of drug-likeness (QED) is 0.167. The minimum Gasteiger partial charge on any atom is -0.491 e. The van der Waals surface area contributed by atoms with Gasteiger partial charge in [0, 0.05) is 24.6 Å². The van der Waals surface area contributed by atoms with Crippen LogP contribution >= 0.6 is 0 Å². The number of rotatable bonds is 12. The van der Waals surface area contributed by atoms with Crippen LogP contribution in [-0.2, 0) is 19.6 Å². The maximum Gasteiger partial charge on any atom is 0.264 e. The molecule has 1 aromatic heterocycles. The molecule has 0 aliphatic carbocycles. The van der Waals surface area contributed by atoms with E-state index in [1.165, 1.54) is 18.2 Å². The van der Waals surface area contributed by atoms with Gasteiger partial charge in [-0.1, -0.05) is 30.3 Å². The normalized spacial score (nSPS) is 11.2. The molecule has 0 aliphatic heterocycles. The van der Waals surface area contributed by atoms with Gasteiger partial charge in [0.05, 0.1) is 17.7 Å². The molecule has 3 N–H and O–H groups in total. The first-order valence-corrected chi connectivity index (χ1v) is 13.5. The van der Waals surface area contributed by atoms with Gasteiger partial charge in [0.25, 0.3) is 15.9 Å². The predicted molar refractivity (Wildman–Crippen MR) is 150 cm³/mol. The van der Waals surface area contributed by atoms with Crippen LogP contribution in [0, 0.1) is 5.82 Å². The van der Waals surface area contributed by atoms with Crippen molar-refractivity contribution in [3.8, 4) is 5.75 Å². The van der Waals surface area contributed by atoms with Crippen molar-refractivity contribution < 1.29 is 27.1 Å². The van der Waals surface area contributed by atoms with Crippen LogP contribution in [0.3, 0.4) is 0 Å². The summed E-state index contributed by atoms with van der Waals surface area (Å²) in [6.45, 7) is 0.909. The summed E-state index contributed by atoms with van der Waals surface area (Å²) in [4.78, 5) is 20.4. The van der Waals surface area contributed by atoms with Crippen molar-refractivity contribution in [2.75, 3.05) is 31.0 Å². The van der Waals surface area contributed by atoms with Crippen LogP contribution in [-0.4, -0.2) is 44.6 Å². The highest BCUT2D eigenvalue weighted by Gasteiger charge is 2.15. The Morgan fingerprint density at radius 2 is 1.73 bits per heavy atom. The number of carbonyl (C=O) groups is 1. The van der Waals surface area contributed by atoms with Gasteiger partial charge in [0.1, 0.15) is 12.4 Å². The van der Waals surface area contributed by atoms with Crippen molar-refractivity contribution >= 4 is 45.1 Å². The number of hydrogen-bond acceptors (Lipinski definition) is 9. The lowest BCUT2D eigenvalue weighted by Crippen LogP contribution is -2.28. The van der Waals surface area contributed by atoms with Crippen LogP contribution in [0.15, 0.2) is 96.0 Å². The molecule has 0 saturated heterocycles. The van der Waals surface area contributed by atoms with Gasteiger partial charge in [-0.2, -0.15) is 4.98 Å². The first-order chi connectivity index (χ1) is 19.3. The van der Waals surface area contributed by atoms with Crippen molar-refractivity contribution in [3.05, 3.63) is 103 Å². The largest absolute Gasteiger partial charge is 0.491 e. The molecule has 206 valence electrons. The molecule has 4 rings (SSSR count). The zero-order valence-corrected chi connectivity index (χ0v) is 22.2. The van der Waals surface area contributed by atoms with Crippen LogP contribution in [0.4, 0.5) is 27.5 Å². The van der Waals surface area contributed by atoms with Crippen LogP contribution < -0.4 is 20.1 Å². The van der Waals surface area contributed by atoms with Crippen molar-refractivity contribution in [2.45, 2.75) is 4.90 Å². The molecule has 0 radical (unpaired) electrons. The molecule has 12 heteroatoms. The molecule has 0 atom stereocenters. The lowest BCUT2D eigenvalue weighted by molar-refractivity contribution is -0.114. The number of benzene rings is 3. The highest BCUT2D eigenvalue weighted by Crippen LogP contribution is 2.23. The van der Waals surface area contributed by atoms with Gasteiger partial charge >= 0.3 is 0 Å². The zero-order valence-electron chi connectivity index (χ0n) is 21.4. The lowest BCUT2D eigenvalue weighted by atomic mass is 10.2. The molecule has 40 heavy (non-hydrogen) atoms. The average Bonchev–Trinajstić information content (AvgIpc) is 2.95. The number of sulfonamides is 1. The predicted octanol–water partition coefficient (Wildman–Crippen LogP) is 4.65. The second kappa shape index (κ2) is 13.3. The smallest absolute Gasteiger partial charge is 0.264 e. The zero-order chi connectivity index (χ0) is 28.4. The number of nitrogens with one attached hydrogen (secondary N) is 3. The Hall–Kier alpha value is -4.81. The molecule has 10 nitrogen and oxygen atoms in total. The fourth-order valence-corrected chi connectivity index (χ4v) is 4.34. The summed E-state index contributed by atoms with van der Waals surface area (Å²) >= 11 is 0. The Labute approximate surface area is 231 Å². The molecule has 3 aromatic carbocycles. The fraction of sp³-hybridized carbons (Fsp3) is 0.107. The molecular formula is C28H26FN5O5S. The maximum atomic E-state index is 14.5. The lowest BCUT2D eigenvalue weighted by Gasteiger charge is -2.11. The summed E-state index contributed by atoms with van der Waals surface area (Å²) in [5.41, 5.74) is 1.73. The number of carbonyl (C=O) groups excluding carboxylic acids is 1. The van der Waals surface area contributed by atoms with Gasteiger partial charge in [-0.15, -0.1) is 0 Å². The van der Waals surface area contributed by atoms with E-state index in [0.29, 0.717) is 35.9 Å². The van der Waals surface area contributed by atoms with Crippen molar-refractivity contribution in [3.63, 3.8) is 0 Å². The molecule has 0 saturated carbocycles. The molecule has 0 aliphatic rings. The number of hydrogen-bond donors (Lipinski definition) is 3. The van der Waals surface area contributed by atoms with Crippen LogP contribution in [0.2, 0.25) is 0 Å². The Kier molecular flexibility index (Phi) is 9.39. The van der Waals surface area contributed by atoms with E-state index in [9.17, 15) is 17.6 Å². The Morgan fingerprint density at radius 1 is 0.950 bits per heavy atom. The SMILES string of the molecule is COCCOc1ccc(Nc2ncc(F)c(Nc3cccc(C=CC(=O)NS(=O)(=O)c4ccccc4)c3)n2)cc1. The first kappa shape index (κ1) is 28.2. The van der Waals surface area contributed by atoms with Crippen LogP contribution in [0.5, 0.6) is 5.75 Å². The third-order valence-corrected chi connectivity index (χ3v) is 6.64. The number of amides is 1. The van der Waals surface area contributed by atoms with E-state index >= 15 is 0 Å². The number of ether oxygens (including phenoxy) is 2. The van der Waals surface area contributed by atoms with Crippen molar-refractivity contribution in [1.82, 2.24) is 14.7 Å². The Morgan fingerprint density at radius 3 is 2.48 bits per heavy atom. The van der Waals surface area contributed by atoms with E-state index in [1.807, 2.05) is 4.72 Å². The van der Waals surface area contributed by atoms with Gasteiger partial charge in [0.15, 0.2) is 11.6 Å². The number of methoxy groups -OCH3 is 1. The molecule has 1 heterocycles. The minimum atomic E-state index is -3.99. The molecule has 0 unspecified atom stereocenters. The minimum absolute atomic E-state index is 0.0207. The van der Waals surface area contributed by atoms with Crippen molar-refractivity contribution in [2.24, 2.45) is 0 Å². The van der Waals surface area contributed by atoms with Gasteiger partial charge < -0.3 is 20.1 Å². The Bertz CT molecular complexity index is 1580. The monoisotopic (exact) mass is 563 g/mol. The molecule has 0 spiro atoms. The third-order valence-electron chi connectivity index (χ3n) is 5.28. The van der Waals surface area contributed by atoms with Gasteiger partial charge in [-0.3, -0.25) is 4.79 Å². The summed E-state index contributed by atoms with van der Waals surface area (Å²) in [6, 6.07) is 21.4. The molecule has 1 amide bonds. The summed E-state index contributed by atoms with van der Waals surface area (Å²) in [5.74, 6) is -0.698. The second-order valence-electron chi connectivity index (χ2n) is 8.25. The maximum absolute atomic E-state index is 14.5. The topological polar surface area (TPSA) is 132 Å². The van der Waals surface area contributed by atoms with Crippen molar-refractivity contribution in [1.29, 1.82) is 0 Å². The van der Waals surface area contributed by atoms with Gasteiger partial charge in [-0.05, 0) is 60.2 Å². The number of anilines is 4. The number of nitrogens with zero attached hydrogens (tertiary/aromatic N) is 2. The van der Waals surface area contributed by atoms with E-state index in [1.54, 1.807) is 73.8 Å². The fourth-order valence-electron chi connectivity index (χ4n) is 3.38. The van der Waals surface area contributed by atoms with E-state index in [0.717, 1.165) is 12.3 Å². The average molecular weight is 564 g/mol. The summed E-state index contributed by atoms with van der Waals surface area (Å²) in [6.07, 6.45) is 3.58. The Balaban J connectivity index is 1.39. The summed E-state index contributed by atoms with van der Waals surface area (Å²) < 4.78 is 51.6. The van der Waals surface area contributed by atoms with E-state index in [2.05, 4.69) is 20.6 Å². The van der Waals surface area contributed by atoms with E-state index < -0.39 is 21.7 Å². The van der Waals surface area contributed by atoms with Gasteiger partial charge in [0.2, 0.25) is 5.95 Å². The summed E-state index contributed by atoms with van der Waals surface area (Å²) in [7, 11) is -2.39. The highest BCUT2D eigenvalue weighted by atomic mass is 32.2. The summed E-state index contributed by atoms with van der Waals surface area (Å²) in [5, 5.41) is 5.91.